The largest absolute Gasteiger partial charge is 0.416 e. The van der Waals surface area contributed by atoms with Crippen LogP contribution in [0.3, 0.4) is 0 Å². The second-order valence-corrected chi connectivity index (χ2v) is 6.70. The molecule has 3 rings (SSSR count). The van der Waals surface area contributed by atoms with E-state index >= 15 is 0 Å². The number of hydrogen-bond donors (Lipinski definition) is 3. The van der Waals surface area contributed by atoms with Crippen molar-refractivity contribution in [3.05, 3.63) is 77.5 Å². The fourth-order valence-corrected chi connectivity index (χ4v) is 3.07. The summed E-state index contributed by atoms with van der Waals surface area (Å²) in [6.45, 7) is 3.72. The molecule has 1 aromatic carbocycles. The van der Waals surface area contributed by atoms with E-state index in [2.05, 4.69) is 21.9 Å². The Morgan fingerprint density at radius 3 is 2.58 bits per heavy atom. The first-order chi connectivity index (χ1) is 14.6. The van der Waals surface area contributed by atoms with E-state index in [-0.39, 0.29) is 22.1 Å². The Hall–Kier alpha value is -3.79. The van der Waals surface area contributed by atoms with Gasteiger partial charge in [-0.2, -0.15) is 13.2 Å². The molecule has 0 saturated carbocycles. The standard InChI is InChI=1S/C20H16ClF3N6O/c1-11(26)18-17(28-10-30(18)7-5-25)12-2-3-14(15(21)8-12)19(31)29-16-9-13(4-6-27-16)20(22,23)24/h2-10H,1,25-26H2,(H,27,29,31)/b7-5-. The molecule has 0 unspecified atom stereocenters. The van der Waals surface area contributed by atoms with Gasteiger partial charge in [0.1, 0.15) is 12.1 Å². The normalized spacial score (nSPS) is 11.6. The van der Waals surface area contributed by atoms with Gasteiger partial charge in [0.25, 0.3) is 5.91 Å². The van der Waals surface area contributed by atoms with Crippen LogP contribution < -0.4 is 16.8 Å². The number of nitrogens with zero attached hydrogens (tertiary/aromatic N) is 3. The van der Waals surface area contributed by atoms with E-state index in [0.29, 0.717) is 17.0 Å². The lowest BCUT2D eigenvalue weighted by Crippen LogP contribution is -2.15. The van der Waals surface area contributed by atoms with Crippen LogP contribution in [0.15, 0.2) is 55.6 Å². The van der Waals surface area contributed by atoms with Crippen molar-refractivity contribution in [1.29, 1.82) is 0 Å². The molecule has 5 N–H and O–H groups in total. The monoisotopic (exact) mass is 448 g/mol. The predicted molar refractivity (Wildman–Crippen MR) is 113 cm³/mol. The summed E-state index contributed by atoms with van der Waals surface area (Å²) < 4.78 is 40.1. The van der Waals surface area contributed by atoms with Gasteiger partial charge in [0, 0.05) is 24.2 Å². The summed E-state index contributed by atoms with van der Waals surface area (Å²) in [6.07, 6.45) is 0.723. The molecule has 0 saturated heterocycles. The highest BCUT2D eigenvalue weighted by atomic mass is 35.5. The van der Waals surface area contributed by atoms with Crippen LogP contribution in [0.4, 0.5) is 19.0 Å². The van der Waals surface area contributed by atoms with Crippen LogP contribution in [-0.2, 0) is 6.18 Å². The highest BCUT2D eigenvalue weighted by molar-refractivity contribution is 6.34. The van der Waals surface area contributed by atoms with Gasteiger partial charge in [0.2, 0.25) is 0 Å². The summed E-state index contributed by atoms with van der Waals surface area (Å²) in [4.78, 5) is 20.5. The molecule has 31 heavy (non-hydrogen) atoms. The number of hydrogen-bond acceptors (Lipinski definition) is 5. The molecule has 0 radical (unpaired) electrons. The molecular weight excluding hydrogens is 433 g/mol. The van der Waals surface area contributed by atoms with Gasteiger partial charge in [-0.25, -0.2) is 9.97 Å². The number of carbonyl (C=O) groups excluding carboxylic acids is 1. The Balaban J connectivity index is 1.90. The summed E-state index contributed by atoms with van der Waals surface area (Å²) >= 11 is 6.26. The maximum Gasteiger partial charge on any atom is 0.416 e. The summed E-state index contributed by atoms with van der Waals surface area (Å²) in [5, 5.41) is 2.36. The molecule has 0 aliphatic heterocycles. The molecule has 160 valence electrons. The number of anilines is 1. The third-order valence-corrected chi connectivity index (χ3v) is 4.47. The first kappa shape index (κ1) is 21.9. The van der Waals surface area contributed by atoms with Crippen molar-refractivity contribution >= 4 is 35.2 Å². The number of rotatable bonds is 5. The highest BCUT2D eigenvalue weighted by Crippen LogP contribution is 2.31. The number of pyridine rings is 1. The van der Waals surface area contributed by atoms with E-state index in [4.69, 9.17) is 23.1 Å². The van der Waals surface area contributed by atoms with Gasteiger partial charge in [0.15, 0.2) is 0 Å². The van der Waals surface area contributed by atoms with Gasteiger partial charge < -0.3 is 21.4 Å². The summed E-state index contributed by atoms with van der Waals surface area (Å²) in [5.74, 6) is -0.975. The molecule has 0 spiro atoms. The summed E-state index contributed by atoms with van der Waals surface area (Å²) in [7, 11) is 0. The van der Waals surface area contributed by atoms with Crippen LogP contribution in [0.2, 0.25) is 5.02 Å². The van der Waals surface area contributed by atoms with Crippen molar-refractivity contribution in [2.75, 3.05) is 5.32 Å². The van der Waals surface area contributed by atoms with Crippen LogP contribution >= 0.6 is 11.6 Å². The van der Waals surface area contributed by atoms with E-state index in [1.807, 2.05) is 0 Å². The van der Waals surface area contributed by atoms with Gasteiger partial charge in [-0.15, -0.1) is 0 Å². The number of halogens is 4. The maximum absolute atomic E-state index is 12.8. The van der Waals surface area contributed by atoms with Crippen LogP contribution in [0.5, 0.6) is 0 Å². The lowest BCUT2D eigenvalue weighted by molar-refractivity contribution is -0.137. The topological polar surface area (TPSA) is 112 Å². The first-order valence-electron chi connectivity index (χ1n) is 8.66. The van der Waals surface area contributed by atoms with E-state index in [1.165, 1.54) is 30.9 Å². The zero-order valence-electron chi connectivity index (χ0n) is 15.8. The molecular formula is C20H16ClF3N6O. The van der Waals surface area contributed by atoms with Crippen molar-refractivity contribution < 1.29 is 18.0 Å². The molecule has 1 amide bonds. The highest BCUT2D eigenvalue weighted by Gasteiger charge is 2.31. The fraction of sp³-hybridized carbons (Fsp3) is 0.0500. The second kappa shape index (κ2) is 8.52. The maximum atomic E-state index is 12.8. The molecule has 0 aliphatic rings. The SMILES string of the molecule is C=C(N)c1c(-c2ccc(C(=O)Nc3cc(C(F)(F)F)ccn3)c(Cl)c2)ncn1/C=C\N. The van der Waals surface area contributed by atoms with Gasteiger partial charge in [-0.3, -0.25) is 4.79 Å². The zero-order chi connectivity index (χ0) is 22.8. The zero-order valence-corrected chi connectivity index (χ0v) is 16.6. The Labute approximate surface area is 179 Å². The molecule has 0 fully saturated rings. The molecule has 7 nitrogen and oxygen atoms in total. The quantitative estimate of drug-likeness (QED) is 0.542. The van der Waals surface area contributed by atoms with Crippen LogP contribution in [0, 0.1) is 0 Å². The number of imidazole rings is 1. The van der Waals surface area contributed by atoms with Crippen LogP contribution in [-0.4, -0.2) is 20.4 Å². The Kier molecular flexibility index (Phi) is 6.02. The third kappa shape index (κ3) is 4.69. The molecule has 11 heteroatoms. The Morgan fingerprint density at radius 1 is 1.23 bits per heavy atom. The lowest BCUT2D eigenvalue weighted by Gasteiger charge is -2.11. The van der Waals surface area contributed by atoms with Crippen molar-refractivity contribution in [2.24, 2.45) is 11.5 Å². The van der Waals surface area contributed by atoms with E-state index in [0.717, 1.165) is 18.3 Å². The molecule has 2 aromatic heterocycles. The second-order valence-electron chi connectivity index (χ2n) is 6.29. The van der Waals surface area contributed by atoms with Gasteiger partial charge in [0.05, 0.1) is 33.2 Å². The molecule has 2 heterocycles. The van der Waals surface area contributed by atoms with Crippen molar-refractivity contribution in [3.8, 4) is 11.3 Å². The minimum atomic E-state index is -4.56. The minimum absolute atomic E-state index is 0.0408. The average Bonchev–Trinajstić information content (AvgIpc) is 3.11. The number of aromatic nitrogens is 3. The van der Waals surface area contributed by atoms with Gasteiger partial charge in [-0.1, -0.05) is 24.2 Å². The smallest absolute Gasteiger partial charge is 0.403 e. The molecule has 0 aliphatic carbocycles. The molecule has 0 atom stereocenters. The van der Waals surface area contributed by atoms with Crippen molar-refractivity contribution in [2.45, 2.75) is 6.18 Å². The number of alkyl halides is 3. The minimum Gasteiger partial charge on any atom is -0.403 e. The van der Waals surface area contributed by atoms with Crippen molar-refractivity contribution in [1.82, 2.24) is 14.5 Å². The first-order valence-corrected chi connectivity index (χ1v) is 9.04. The van der Waals surface area contributed by atoms with Gasteiger partial charge in [-0.05, 0) is 24.3 Å². The van der Waals surface area contributed by atoms with E-state index in [9.17, 15) is 18.0 Å². The van der Waals surface area contributed by atoms with E-state index in [1.54, 1.807) is 10.6 Å². The summed E-state index contributed by atoms with van der Waals surface area (Å²) in [5.41, 5.74) is 12.1. The third-order valence-electron chi connectivity index (χ3n) is 4.16. The fourth-order valence-electron chi connectivity index (χ4n) is 2.80. The predicted octanol–water partition coefficient (Wildman–Crippen LogP) is 4.19. The average molecular weight is 449 g/mol. The van der Waals surface area contributed by atoms with E-state index < -0.39 is 17.6 Å². The number of nitrogens with two attached hydrogens (primary N) is 2. The Bertz CT molecular complexity index is 1190. The number of amides is 1. The molecule has 3 aromatic rings. The van der Waals surface area contributed by atoms with Gasteiger partial charge >= 0.3 is 6.18 Å². The Morgan fingerprint density at radius 2 is 1.97 bits per heavy atom. The summed E-state index contributed by atoms with van der Waals surface area (Å²) in [6, 6.07) is 6.02. The number of benzene rings is 1. The van der Waals surface area contributed by atoms with Crippen LogP contribution in [0.25, 0.3) is 23.2 Å². The molecule has 0 bridgehead atoms. The number of nitrogens with one attached hydrogen (secondary N) is 1. The number of carbonyl (C=O) groups is 1. The van der Waals surface area contributed by atoms with Crippen LogP contribution in [0.1, 0.15) is 21.6 Å². The van der Waals surface area contributed by atoms with Crippen molar-refractivity contribution in [3.63, 3.8) is 0 Å². The lowest BCUT2D eigenvalue weighted by atomic mass is 10.1.